The lowest BCUT2D eigenvalue weighted by atomic mass is 9.93. The topological polar surface area (TPSA) is 47.1 Å². The van der Waals surface area contributed by atoms with Gasteiger partial charge in [-0.3, -0.25) is 0 Å². The van der Waals surface area contributed by atoms with Gasteiger partial charge in [-0.15, -0.1) is 0 Å². The summed E-state index contributed by atoms with van der Waals surface area (Å²) >= 11 is 0. The third-order valence-electron chi connectivity index (χ3n) is 4.11. The van der Waals surface area contributed by atoms with Crippen LogP contribution < -0.4 is 10.6 Å². The van der Waals surface area contributed by atoms with Crippen LogP contribution in [0.3, 0.4) is 0 Å². The van der Waals surface area contributed by atoms with Crippen molar-refractivity contribution in [3.63, 3.8) is 0 Å². The monoisotopic (exact) mass is 264 g/mol. The number of anilines is 1. The molecule has 4 heteroatoms. The molecule has 1 fully saturated rings. The lowest BCUT2D eigenvalue weighted by Crippen LogP contribution is -2.38. The maximum Gasteiger partial charge on any atom is 0.205 e. The molecule has 1 aromatic rings. The molecule has 0 unspecified atom stereocenters. The summed E-state index contributed by atoms with van der Waals surface area (Å²) in [7, 11) is 2.13. The van der Waals surface area contributed by atoms with E-state index >= 15 is 0 Å². The number of nitrogens with two attached hydrogens (primary N) is 1. The van der Waals surface area contributed by atoms with Crippen LogP contribution in [-0.4, -0.2) is 29.7 Å². The number of rotatable bonds is 5. The predicted octanol–water partition coefficient (Wildman–Crippen LogP) is 2.73. The van der Waals surface area contributed by atoms with E-state index in [-0.39, 0.29) is 5.41 Å². The van der Waals surface area contributed by atoms with Gasteiger partial charge < -0.3 is 15.2 Å². The van der Waals surface area contributed by atoms with Crippen molar-refractivity contribution >= 4 is 5.95 Å². The molecule has 1 saturated carbocycles. The smallest absolute Gasteiger partial charge is 0.205 e. The fourth-order valence-corrected chi connectivity index (χ4v) is 3.01. The molecular weight excluding hydrogens is 236 g/mol. The fourth-order valence-electron chi connectivity index (χ4n) is 3.01. The Kier molecular flexibility index (Phi) is 4.19. The molecule has 1 aliphatic carbocycles. The molecule has 108 valence electrons. The van der Waals surface area contributed by atoms with Crippen LogP contribution in [-0.2, 0) is 0 Å². The highest BCUT2D eigenvalue weighted by molar-refractivity contribution is 5.33. The largest absolute Gasteiger partial charge is 0.345 e. The summed E-state index contributed by atoms with van der Waals surface area (Å²) in [5.74, 6) is 1.10. The highest BCUT2D eigenvalue weighted by Gasteiger charge is 2.25. The first-order chi connectivity index (χ1) is 8.93. The van der Waals surface area contributed by atoms with Gasteiger partial charge in [0.1, 0.15) is 0 Å². The van der Waals surface area contributed by atoms with Crippen molar-refractivity contribution in [2.24, 2.45) is 11.1 Å². The Labute approximate surface area is 117 Å². The van der Waals surface area contributed by atoms with Crippen LogP contribution in [0.15, 0.2) is 6.20 Å². The van der Waals surface area contributed by atoms with Crippen molar-refractivity contribution in [1.82, 2.24) is 9.55 Å². The van der Waals surface area contributed by atoms with E-state index in [9.17, 15) is 0 Å². The van der Waals surface area contributed by atoms with Crippen LogP contribution in [0.5, 0.6) is 0 Å². The second-order valence-corrected chi connectivity index (χ2v) is 6.75. The van der Waals surface area contributed by atoms with Crippen molar-refractivity contribution in [2.75, 3.05) is 25.0 Å². The van der Waals surface area contributed by atoms with Crippen LogP contribution in [0.4, 0.5) is 5.95 Å². The van der Waals surface area contributed by atoms with Crippen molar-refractivity contribution in [3.8, 4) is 0 Å². The van der Waals surface area contributed by atoms with Crippen LogP contribution in [0.25, 0.3) is 0 Å². The molecular formula is C15H28N4. The van der Waals surface area contributed by atoms with Gasteiger partial charge in [-0.1, -0.05) is 26.7 Å². The van der Waals surface area contributed by atoms with E-state index in [1.54, 1.807) is 0 Å². The predicted molar refractivity (Wildman–Crippen MR) is 80.6 cm³/mol. The normalized spacial score (nSPS) is 17.1. The molecule has 0 amide bonds. The van der Waals surface area contributed by atoms with E-state index in [0.717, 1.165) is 18.2 Å². The van der Waals surface area contributed by atoms with Crippen molar-refractivity contribution < 1.29 is 0 Å². The van der Waals surface area contributed by atoms with E-state index in [1.807, 2.05) is 0 Å². The highest BCUT2D eigenvalue weighted by atomic mass is 15.3. The Hall–Kier alpha value is -1.03. The summed E-state index contributed by atoms with van der Waals surface area (Å²) in [6, 6.07) is 0.639. The number of nitrogens with zero attached hydrogens (tertiary/aromatic N) is 3. The average molecular weight is 264 g/mol. The van der Waals surface area contributed by atoms with Crippen LogP contribution in [0.1, 0.15) is 51.3 Å². The van der Waals surface area contributed by atoms with Gasteiger partial charge in [0, 0.05) is 25.8 Å². The lowest BCUT2D eigenvalue weighted by molar-refractivity contribution is 0.379. The lowest BCUT2D eigenvalue weighted by Gasteiger charge is -2.31. The maximum absolute atomic E-state index is 5.84. The van der Waals surface area contributed by atoms with Crippen LogP contribution >= 0.6 is 0 Å². The Morgan fingerprint density at radius 2 is 2.05 bits per heavy atom. The summed E-state index contributed by atoms with van der Waals surface area (Å²) in [5.41, 5.74) is 7.07. The zero-order chi connectivity index (χ0) is 14.0. The molecule has 0 bridgehead atoms. The molecule has 0 aliphatic heterocycles. The number of aryl methyl sites for hydroxylation is 1. The zero-order valence-electron chi connectivity index (χ0n) is 12.8. The Morgan fingerprint density at radius 1 is 1.42 bits per heavy atom. The molecule has 2 rings (SSSR count). The first-order valence-corrected chi connectivity index (χ1v) is 7.39. The third-order valence-corrected chi connectivity index (χ3v) is 4.11. The van der Waals surface area contributed by atoms with Crippen molar-refractivity contribution in [3.05, 3.63) is 11.9 Å². The zero-order valence-corrected chi connectivity index (χ0v) is 12.8. The molecule has 0 saturated heterocycles. The van der Waals surface area contributed by atoms with E-state index in [2.05, 4.69) is 43.5 Å². The van der Waals surface area contributed by atoms with Gasteiger partial charge in [-0.25, -0.2) is 4.98 Å². The van der Waals surface area contributed by atoms with Crippen LogP contribution in [0, 0.1) is 12.3 Å². The SMILES string of the molecule is Cc1cn(C2CCCC2)c(N(C)CC(C)(C)CN)n1. The molecule has 0 spiro atoms. The van der Waals surface area contributed by atoms with E-state index in [1.165, 1.54) is 25.7 Å². The second kappa shape index (κ2) is 5.53. The minimum Gasteiger partial charge on any atom is -0.345 e. The Morgan fingerprint density at radius 3 is 2.63 bits per heavy atom. The van der Waals surface area contributed by atoms with Gasteiger partial charge in [-0.2, -0.15) is 0 Å². The first kappa shape index (κ1) is 14.4. The molecule has 0 radical (unpaired) electrons. The molecule has 4 nitrogen and oxygen atoms in total. The highest BCUT2D eigenvalue weighted by Crippen LogP contribution is 2.33. The van der Waals surface area contributed by atoms with E-state index < -0.39 is 0 Å². The van der Waals surface area contributed by atoms with Crippen LogP contribution in [0.2, 0.25) is 0 Å². The van der Waals surface area contributed by atoms with E-state index in [4.69, 9.17) is 10.7 Å². The van der Waals surface area contributed by atoms with Gasteiger partial charge in [0.05, 0.1) is 5.69 Å². The first-order valence-electron chi connectivity index (χ1n) is 7.39. The minimum atomic E-state index is 0.120. The summed E-state index contributed by atoms with van der Waals surface area (Å²) < 4.78 is 2.38. The van der Waals surface area contributed by atoms with Gasteiger partial charge in [0.25, 0.3) is 0 Å². The second-order valence-electron chi connectivity index (χ2n) is 6.75. The molecule has 1 aliphatic rings. The quantitative estimate of drug-likeness (QED) is 0.889. The standard InChI is InChI=1S/C15H28N4/c1-12-9-19(13-7-5-6-8-13)14(17-12)18(4)11-15(2,3)10-16/h9,13H,5-8,10-11,16H2,1-4H3. The summed E-state index contributed by atoms with van der Waals surface area (Å²) in [6.07, 6.45) is 7.48. The average Bonchev–Trinajstić information content (AvgIpc) is 2.96. The number of aromatic nitrogens is 2. The van der Waals surface area contributed by atoms with Crippen molar-refractivity contribution in [1.29, 1.82) is 0 Å². The van der Waals surface area contributed by atoms with E-state index in [0.29, 0.717) is 12.6 Å². The molecule has 1 heterocycles. The van der Waals surface area contributed by atoms with Gasteiger partial charge in [0.15, 0.2) is 0 Å². The van der Waals surface area contributed by atoms with Gasteiger partial charge >= 0.3 is 0 Å². The number of hydrogen-bond acceptors (Lipinski definition) is 3. The molecule has 0 aromatic carbocycles. The van der Waals surface area contributed by atoms with Gasteiger partial charge in [-0.05, 0) is 31.7 Å². The summed E-state index contributed by atoms with van der Waals surface area (Å²) in [6.45, 7) is 8.13. The maximum atomic E-state index is 5.84. The third kappa shape index (κ3) is 3.30. The summed E-state index contributed by atoms with van der Waals surface area (Å²) in [5, 5.41) is 0. The number of imidazole rings is 1. The van der Waals surface area contributed by atoms with Crippen molar-refractivity contribution in [2.45, 2.75) is 52.5 Å². The molecule has 19 heavy (non-hydrogen) atoms. The Bertz CT molecular complexity index is 416. The molecule has 1 aromatic heterocycles. The fraction of sp³-hybridized carbons (Fsp3) is 0.800. The Balaban J connectivity index is 2.18. The summed E-state index contributed by atoms with van der Waals surface area (Å²) in [4.78, 5) is 6.98. The van der Waals surface area contributed by atoms with Gasteiger partial charge in [0.2, 0.25) is 5.95 Å². The number of hydrogen-bond donors (Lipinski definition) is 1. The molecule has 2 N–H and O–H groups in total. The molecule has 0 atom stereocenters. The minimum absolute atomic E-state index is 0.120.